The number of benzene rings is 1. The van der Waals surface area contributed by atoms with Crippen molar-refractivity contribution in [2.24, 2.45) is 5.73 Å². The molecule has 1 aliphatic rings. The highest BCUT2D eigenvalue weighted by Gasteiger charge is 2.22. The molecule has 1 aliphatic heterocycles. The summed E-state index contributed by atoms with van der Waals surface area (Å²) in [6.45, 7) is 3.58. The molecule has 0 fully saturated rings. The van der Waals surface area contributed by atoms with Gasteiger partial charge in [0.25, 0.3) is 0 Å². The van der Waals surface area contributed by atoms with Crippen LogP contribution >= 0.6 is 0 Å². The van der Waals surface area contributed by atoms with Crippen molar-refractivity contribution in [3.05, 3.63) is 42.0 Å². The number of hydrogen-bond donors (Lipinski definition) is 1. The largest absolute Gasteiger partial charge is 0.337 e. The monoisotopic (exact) mass is 272 g/mol. The quantitative estimate of drug-likeness (QED) is 0.896. The van der Waals surface area contributed by atoms with Crippen molar-refractivity contribution in [1.29, 1.82) is 0 Å². The van der Waals surface area contributed by atoms with Gasteiger partial charge in [0.1, 0.15) is 0 Å². The second kappa shape index (κ2) is 7.25. The van der Waals surface area contributed by atoms with Crippen molar-refractivity contribution < 1.29 is 4.79 Å². The zero-order valence-corrected chi connectivity index (χ0v) is 12.2. The summed E-state index contributed by atoms with van der Waals surface area (Å²) in [5.41, 5.74) is 8.56. The van der Waals surface area contributed by atoms with E-state index in [1.165, 1.54) is 11.1 Å². The van der Waals surface area contributed by atoms with Gasteiger partial charge < -0.3 is 10.6 Å². The Kier molecular flexibility index (Phi) is 5.36. The summed E-state index contributed by atoms with van der Waals surface area (Å²) in [5, 5.41) is 0. The molecular weight excluding hydrogens is 248 g/mol. The predicted molar refractivity (Wildman–Crippen MR) is 83.1 cm³/mol. The van der Waals surface area contributed by atoms with Gasteiger partial charge in [-0.3, -0.25) is 4.79 Å². The fourth-order valence-corrected chi connectivity index (χ4v) is 2.57. The minimum absolute atomic E-state index is 0.0989. The molecule has 0 radical (unpaired) electrons. The molecule has 0 bridgehead atoms. The van der Waals surface area contributed by atoms with Crippen LogP contribution in [0.4, 0.5) is 0 Å². The van der Waals surface area contributed by atoms with Gasteiger partial charge in [0, 0.05) is 13.1 Å². The van der Waals surface area contributed by atoms with Crippen molar-refractivity contribution >= 4 is 11.5 Å². The van der Waals surface area contributed by atoms with Crippen LogP contribution in [0.25, 0.3) is 5.57 Å². The number of hydrogen-bond acceptors (Lipinski definition) is 2. The second-order valence-electron chi connectivity index (χ2n) is 5.38. The molecule has 0 unspecified atom stereocenters. The highest BCUT2D eigenvalue weighted by atomic mass is 16.2. The lowest BCUT2D eigenvalue weighted by molar-refractivity contribution is -0.132. The van der Waals surface area contributed by atoms with Gasteiger partial charge >= 0.3 is 0 Å². The van der Waals surface area contributed by atoms with Crippen molar-refractivity contribution in [3.63, 3.8) is 0 Å². The van der Waals surface area contributed by atoms with E-state index in [-0.39, 0.29) is 11.9 Å². The maximum Gasteiger partial charge on any atom is 0.239 e. The Hall–Kier alpha value is -1.61. The first kappa shape index (κ1) is 14.8. The maximum atomic E-state index is 12.2. The topological polar surface area (TPSA) is 46.3 Å². The van der Waals surface area contributed by atoms with Gasteiger partial charge in [-0.1, -0.05) is 56.2 Å². The molecule has 2 N–H and O–H groups in total. The van der Waals surface area contributed by atoms with E-state index in [4.69, 9.17) is 5.73 Å². The highest BCUT2D eigenvalue weighted by Crippen LogP contribution is 2.22. The molecule has 1 amide bonds. The van der Waals surface area contributed by atoms with E-state index in [2.05, 4.69) is 25.1 Å². The fraction of sp³-hybridized carbons (Fsp3) is 0.471. The SMILES string of the molecule is CCCC[C@H](N)C(=O)N1CC=C(c2ccccc2)CC1. The van der Waals surface area contributed by atoms with E-state index in [0.29, 0.717) is 6.54 Å². The van der Waals surface area contributed by atoms with Crippen molar-refractivity contribution in [3.8, 4) is 0 Å². The number of rotatable bonds is 5. The summed E-state index contributed by atoms with van der Waals surface area (Å²) in [7, 11) is 0. The van der Waals surface area contributed by atoms with Crippen LogP contribution in [0.2, 0.25) is 0 Å². The molecular formula is C17H24N2O. The molecule has 0 saturated carbocycles. The Labute approximate surface area is 121 Å². The number of nitrogens with zero attached hydrogens (tertiary/aromatic N) is 1. The van der Waals surface area contributed by atoms with Gasteiger partial charge in [0.15, 0.2) is 0 Å². The summed E-state index contributed by atoms with van der Waals surface area (Å²) < 4.78 is 0. The van der Waals surface area contributed by atoms with Crippen LogP contribution in [0, 0.1) is 0 Å². The van der Waals surface area contributed by atoms with E-state index >= 15 is 0 Å². The Morgan fingerprint density at radius 2 is 2.10 bits per heavy atom. The summed E-state index contributed by atoms with van der Waals surface area (Å²) in [5.74, 6) is 0.0989. The molecule has 1 aromatic rings. The first-order valence-corrected chi connectivity index (χ1v) is 7.51. The van der Waals surface area contributed by atoms with Crippen molar-refractivity contribution in [2.45, 2.75) is 38.6 Å². The van der Waals surface area contributed by atoms with Crippen LogP contribution in [0.15, 0.2) is 36.4 Å². The summed E-state index contributed by atoms with van der Waals surface area (Å²) in [4.78, 5) is 14.1. The molecule has 3 heteroatoms. The standard InChI is InChI=1S/C17H24N2O/c1-2-3-9-16(18)17(20)19-12-10-15(11-13-19)14-7-5-4-6-8-14/h4-8,10,16H,2-3,9,11-13,18H2,1H3/t16-/m0/s1. The van der Waals surface area contributed by atoms with E-state index in [1.807, 2.05) is 23.1 Å². The number of amides is 1. The molecule has 0 aliphatic carbocycles. The Morgan fingerprint density at radius 3 is 2.70 bits per heavy atom. The summed E-state index contributed by atoms with van der Waals surface area (Å²) in [6.07, 6.45) is 5.96. The molecule has 2 rings (SSSR count). The molecule has 1 atom stereocenters. The van der Waals surface area contributed by atoms with E-state index in [9.17, 15) is 4.79 Å². The van der Waals surface area contributed by atoms with Crippen LogP contribution < -0.4 is 5.73 Å². The second-order valence-corrected chi connectivity index (χ2v) is 5.38. The van der Waals surface area contributed by atoms with Gasteiger partial charge in [-0.2, -0.15) is 0 Å². The Balaban J connectivity index is 1.93. The third kappa shape index (κ3) is 3.70. The van der Waals surface area contributed by atoms with Gasteiger partial charge in [0.05, 0.1) is 6.04 Å². The Bertz CT molecular complexity index is 467. The van der Waals surface area contributed by atoms with Gasteiger partial charge in [-0.25, -0.2) is 0 Å². The Morgan fingerprint density at radius 1 is 1.35 bits per heavy atom. The molecule has 0 aromatic heterocycles. The minimum atomic E-state index is -0.332. The summed E-state index contributed by atoms with van der Waals surface area (Å²) >= 11 is 0. The molecule has 108 valence electrons. The van der Waals surface area contributed by atoms with Crippen LogP contribution in [0.3, 0.4) is 0 Å². The number of carbonyl (C=O) groups excluding carboxylic acids is 1. The zero-order chi connectivity index (χ0) is 14.4. The van der Waals surface area contributed by atoms with Crippen molar-refractivity contribution in [1.82, 2.24) is 4.90 Å². The van der Waals surface area contributed by atoms with Crippen molar-refractivity contribution in [2.75, 3.05) is 13.1 Å². The molecule has 1 heterocycles. The van der Waals surface area contributed by atoms with Gasteiger partial charge in [-0.15, -0.1) is 0 Å². The average molecular weight is 272 g/mol. The molecule has 0 saturated heterocycles. The molecule has 1 aromatic carbocycles. The third-order valence-corrected chi connectivity index (χ3v) is 3.85. The number of carbonyl (C=O) groups is 1. The van der Waals surface area contributed by atoms with Crippen LogP contribution in [0.1, 0.15) is 38.2 Å². The van der Waals surface area contributed by atoms with Gasteiger partial charge in [0.2, 0.25) is 5.91 Å². The van der Waals surface area contributed by atoms with Crippen LogP contribution in [-0.4, -0.2) is 29.9 Å². The first-order valence-electron chi connectivity index (χ1n) is 7.51. The predicted octanol–water partition coefficient (Wildman–Crippen LogP) is 2.82. The molecule has 3 nitrogen and oxygen atoms in total. The van der Waals surface area contributed by atoms with Crippen LogP contribution in [-0.2, 0) is 4.79 Å². The molecule has 20 heavy (non-hydrogen) atoms. The van der Waals surface area contributed by atoms with Gasteiger partial charge in [-0.05, 0) is 24.0 Å². The fourth-order valence-electron chi connectivity index (χ4n) is 2.57. The molecule has 0 spiro atoms. The van der Waals surface area contributed by atoms with E-state index < -0.39 is 0 Å². The van der Waals surface area contributed by atoms with Crippen LogP contribution in [0.5, 0.6) is 0 Å². The summed E-state index contributed by atoms with van der Waals surface area (Å²) in [6, 6.07) is 10.0. The first-order chi connectivity index (χ1) is 9.72. The maximum absolute atomic E-state index is 12.2. The number of unbranched alkanes of at least 4 members (excludes halogenated alkanes) is 1. The average Bonchev–Trinajstić information content (AvgIpc) is 2.53. The lowest BCUT2D eigenvalue weighted by atomic mass is 9.99. The highest BCUT2D eigenvalue weighted by molar-refractivity contribution is 5.83. The minimum Gasteiger partial charge on any atom is -0.337 e. The van der Waals surface area contributed by atoms with E-state index in [0.717, 1.165) is 32.2 Å². The number of nitrogens with two attached hydrogens (primary N) is 1. The zero-order valence-electron chi connectivity index (χ0n) is 12.2. The lowest BCUT2D eigenvalue weighted by Gasteiger charge is -2.29. The normalized spacial score (nSPS) is 16.7. The lowest BCUT2D eigenvalue weighted by Crippen LogP contribution is -2.45. The smallest absolute Gasteiger partial charge is 0.239 e. The third-order valence-electron chi connectivity index (χ3n) is 3.85. The van der Waals surface area contributed by atoms with E-state index in [1.54, 1.807) is 0 Å².